The predicted octanol–water partition coefficient (Wildman–Crippen LogP) is 3.00. The number of nitrogens with one attached hydrogen (secondary N) is 1. The minimum Gasteiger partial charge on any atom is -0.311 e. The lowest BCUT2D eigenvalue weighted by molar-refractivity contribution is 0.408. The Morgan fingerprint density at radius 1 is 1.30 bits per heavy atom. The summed E-state index contributed by atoms with van der Waals surface area (Å²) in [6.45, 7) is 0. The lowest BCUT2D eigenvalue weighted by atomic mass is 9.81. The normalized spacial score (nSPS) is 19.4. The molecule has 0 bridgehead atoms. The number of nitrogens with zero attached hydrogens (tertiary/aromatic N) is 2. The minimum absolute atomic E-state index is 0.0737. The van der Waals surface area contributed by atoms with Gasteiger partial charge in [-0.25, -0.2) is 4.39 Å². The Balaban J connectivity index is 1.96. The van der Waals surface area contributed by atoms with E-state index in [0.29, 0.717) is 5.92 Å². The molecule has 0 fully saturated rings. The molecule has 0 amide bonds. The van der Waals surface area contributed by atoms with Gasteiger partial charge in [0.1, 0.15) is 5.82 Å². The van der Waals surface area contributed by atoms with E-state index < -0.39 is 0 Å². The van der Waals surface area contributed by atoms with Crippen LogP contribution in [-0.2, 0) is 6.42 Å². The number of likely N-dealkylation sites (N-methyl/N-ethyl adjacent to an activating group) is 1. The van der Waals surface area contributed by atoms with E-state index in [0.717, 1.165) is 30.7 Å². The maximum atomic E-state index is 13.0. The number of aromatic nitrogens is 2. The first-order valence-corrected chi connectivity index (χ1v) is 7.02. The fourth-order valence-electron chi connectivity index (χ4n) is 3.10. The standard InChI is InChI=1S/C16H18FN3/c1-18-16(14-8-7-12(17)10-20-14)13-6-2-4-11-5-3-9-19-15(11)13/h3,5,7-10,13,16,18H,2,4,6H2,1H3. The average molecular weight is 271 g/mol. The van der Waals surface area contributed by atoms with Crippen LogP contribution in [0.3, 0.4) is 0 Å². The molecule has 0 aliphatic heterocycles. The molecule has 1 aliphatic carbocycles. The SMILES string of the molecule is CNC(c1ccc(F)cn1)C1CCCc2cccnc21. The van der Waals surface area contributed by atoms with Crippen molar-refractivity contribution >= 4 is 0 Å². The van der Waals surface area contributed by atoms with Gasteiger partial charge in [-0.2, -0.15) is 0 Å². The minimum atomic E-state index is -0.300. The van der Waals surface area contributed by atoms with Gasteiger partial charge in [-0.15, -0.1) is 0 Å². The van der Waals surface area contributed by atoms with Crippen molar-refractivity contribution in [3.8, 4) is 0 Å². The van der Waals surface area contributed by atoms with Gasteiger partial charge in [-0.05, 0) is 50.1 Å². The Kier molecular flexibility index (Phi) is 3.74. The Morgan fingerprint density at radius 3 is 2.95 bits per heavy atom. The molecule has 0 aromatic carbocycles. The third-order valence-electron chi connectivity index (χ3n) is 4.02. The first-order chi connectivity index (χ1) is 9.79. The summed E-state index contributed by atoms with van der Waals surface area (Å²) in [7, 11) is 1.92. The highest BCUT2D eigenvalue weighted by molar-refractivity contribution is 5.29. The van der Waals surface area contributed by atoms with E-state index in [9.17, 15) is 4.39 Å². The van der Waals surface area contributed by atoms with Gasteiger partial charge in [0, 0.05) is 17.8 Å². The Morgan fingerprint density at radius 2 is 2.20 bits per heavy atom. The third-order valence-corrected chi connectivity index (χ3v) is 4.02. The van der Waals surface area contributed by atoms with Gasteiger partial charge in [-0.3, -0.25) is 9.97 Å². The number of pyridine rings is 2. The van der Waals surface area contributed by atoms with Crippen molar-refractivity contribution in [3.05, 3.63) is 59.4 Å². The lowest BCUT2D eigenvalue weighted by Crippen LogP contribution is -2.28. The second kappa shape index (κ2) is 5.67. The summed E-state index contributed by atoms with van der Waals surface area (Å²) >= 11 is 0. The molecule has 1 N–H and O–H groups in total. The van der Waals surface area contributed by atoms with Crippen molar-refractivity contribution < 1.29 is 4.39 Å². The van der Waals surface area contributed by atoms with E-state index in [1.165, 1.54) is 17.8 Å². The number of halogens is 1. The third kappa shape index (κ3) is 2.43. The van der Waals surface area contributed by atoms with Crippen molar-refractivity contribution in [2.75, 3.05) is 7.05 Å². The van der Waals surface area contributed by atoms with E-state index in [-0.39, 0.29) is 11.9 Å². The fraction of sp³-hybridized carbons (Fsp3) is 0.375. The lowest BCUT2D eigenvalue weighted by Gasteiger charge is -2.30. The number of fused-ring (bicyclic) bond motifs is 1. The van der Waals surface area contributed by atoms with E-state index >= 15 is 0 Å². The number of rotatable bonds is 3. The maximum absolute atomic E-state index is 13.0. The number of aryl methyl sites for hydroxylation is 1. The van der Waals surface area contributed by atoms with E-state index in [2.05, 4.69) is 21.4 Å². The van der Waals surface area contributed by atoms with Crippen LogP contribution in [0, 0.1) is 5.82 Å². The highest BCUT2D eigenvalue weighted by Gasteiger charge is 2.29. The van der Waals surface area contributed by atoms with Gasteiger partial charge in [0.15, 0.2) is 0 Å². The fourth-order valence-corrected chi connectivity index (χ4v) is 3.10. The molecule has 0 spiro atoms. The van der Waals surface area contributed by atoms with Gasteiger partial charge in [0.05, 0.1) is 17.9 Å². The number of hydrogen-bond donors (Lipinski definition) is 1. The summed E-state index contributed by atoms with van der Waals surface area (Å²) in [6, 6.07) is 7.44. The molecule has 3 rings (SSSR count). The van der Waals surface area contributed by atoms with Crippen molar-refractivity contribution in [2.45, 2.75) is 31.2 Å². The van der Waals surface area contributed by atoms with Gasteiger partial charge in [0.2, 0.25) is 0 Å². The van der Waals surface area contributed by atoms with Crippen molar-refractivity contribution in [1.82, 2.24) is 15.3 Å². The zero-order valence-electron chi connectivity index (χ0n) is 11.5. The first kappa shape index (κ1) is 13.2. The molecule has 1 aliphatic rings. The molecular weight excluding hydrogens is 253 g/mol. The molecule has 2 heterocycles. The zero-order chi connectivity index (χ0) is 13.9. The monoisotopic (exact) mass is 271 g/mol. The molecule has 2 unspecified atom stereocenters. The molecule has 2 aromatic rings. The average Bonchev–Trinajstić information content (AvgIpc) is 2.50. The van der Waals surface area contributed by atoms with Crippen molar-refractivity contribution in [3.63, 3.8) is 0 Å². The van der Waals surface area contributed by atoms with E-state index in [1.54, 1.807) is 6.07 Å². The highest BCUT2D eigenvalue weighted by Crippen LogP contribution is 2.38. The Labute approximate surface area is 118 Å². The summed E-state index contributed by atoms with van der Waals surface area (Å²) in [4.78, 5) is 8.80. The van der Waals surface area contributed by atoms with Crippen LogP contribution < -0.4 is 5.32 Å². The van der Waals surface area contributed by atoms with Crippen LogP contribution in [0.4, 0.5) is 4.39 Å². The second-order valence-corrected chi connectivity index (χ2v) is 5.21. The molecule has 104 valence electrons. The van der Waals surface area contributed by atoms with Crippen molar-refractivity contribution in [2.24, 2.45) is 0 Å². The van der Waals surface area contributed by atoms with Crippen LogP contribution in [0.1, 0.15) is 41.8 Å². The van der Waals surface area contributed by atoms with Crippen LogP contribution in [-0.4, -0.2) is 17.0 Å². The van der Waals surface area contributed by atoms with E-state index in [1.807, 2.05) is 19.3 Å². The molecular formula is C16H18FN3. The summed E-state index contributed by atoms with van der Waals surface area (Å²) < 4.78 is 13.0. The maximum Gasteiger partial charge on any atom is 0.141 e. The van der Waals surface area contributed by atoms with Crippen LogP contribution >= 0.6 is 0 Å². The molecule has 4 heteroatoms. The summed E-state index contributed by atoms with van der Waals surface area (Å²) in [6.07, 6.45) is 6.45. The second-order valence-electron chi connectivity index (χ2n) is 5.21. The van der Waals surface area contributed by atoms with E-state index in [4.69, 9.17) is 0 Å². The summed E-state index contributed by atoms with van der Waals surface area (Å²) in [5.74, 6) is -0.00585. The molecule has 0 radical (unpaired) electrons. The number of hydrogen-bond acceptors (Lipinski definition) is 3. The molecule has 0 saturated carbocycles. The first-order valence-electron chi connectivity index (χ1n) is 7.02. The van der Waals surface area contributed by atoms with Crippen molar-refractivity contribution in [1.29, 1.82) is 0 Å². The Bertz CT molecular complexity index is 583. The van der Waals surface area contributed by atoms with Gasteiger partial charge in [0.25, 0.3) is 0 Å². The molecule has 20 heavy (non-hydrogen) atoms. The van der Waals surface area contributed by atoms with Crippen LogP contribution in [0.25, 0.3) is 0 Å². The Hall–Kier alpha value is -1.81. The quantitative estimate of drug-likeness (QED) is 0.932. The largest absolute Gasteiger partial charge is 0.311 e. The van der Waals surface area contributed by atoms with Crippen LogP contribution in [0.15, 0.2) is 36.7 Å². The summed E-state index contributed by atoms with van der Waals surface area (Å²) in [5.41, 5.74) is 3.35. The smallest absolute Gasteiger partial charge is 0.141 e. The highest BCUT2D eigenvalue weighted by atomic mass is 19.1. The summed E-state index contributed by atoms with van der Waals surface area (Å²) in [5, 5.41) is 3.32. The molecule has 0 saturated heterocycles. The van der Waals surface area contributed by atoms with Gasteiger partial charge >= 0.3 is 0 Å². The zero-order valence-corrected chi connectivity index (χ0v) is 11.5. The predicted molar refractivity (Wildman–Crippen MR) is 75.9 cm³/mol. The topological polar surface area (TPSA) is 37.8 Å². The van der Waals surface area contributed by atoms with Gasteiger partial charge in [-0.1, -0.05) is 6.07 Å². The molecule has 3 nitrogen and oxygen atoms in total. The van der Waals surface area contributed by atoms with Gasteiger partial charge < -0.3 is 5.32 Å². The van der Waals surface area contributed by atoms with Crippen LogP contribution in [0.2, 0.25) is 0 Å². The molecule has 2 aromatic heterocycles. The van der Waals surface area contributed by atoms with Crippen LogP contribution in [0.5, 0.6) is 0 Å². The molecule has 2 atom stereocenters.